The second kappa shape index (κ2) is 4.41. The molecule has 0 aromatic heterocycles. The van der Waals surface area contributed by atoms with Gasteiger partial charge < -0.3 is 15.9 Å². The maximum Gasteiger partial charge on any atom is 0.122 e. The van der Waals surface area contributed by atoms with E-state index in [4.69, 9.17) is 5.73 Å². The van der Waals surface area contributed by atoms with Crippen LogP contribution in [0.2, 0.25) is 0 Å². The number of hydrogen-bond acceptors (Lipinski definition) is 3. The van der Waals surface area contributed by atoms with Crippen LogP contribution in [-0.4, -0.2) is 16.3 Å². The van der Waals surface area contributed by atoms with Gasteiger partial charge in [0.15, 0.2) is 0 Å². The highest BCUT2D eigenvalue weighted by atomic mass is 16.3. The van der Waals surface area contributed by atoms with Crippen LogP contribution in [0.4, 0.5) is 0 Å². The van der Waals surface area contributed by atoms with Crippen molar-refractivity contribution in [2.45, 2.75) is 56.9 Å². The molecule has 3 heteroatoms. The molecule has 0 radical (unpaired) electrons. The normalized spacial score (nSPS) is 34.2. The Morgan fingerprint density at radius 1 is 1.21 bits per heavy atom. The highest BCUT2D eigenvalue weighted by Crippen LogP contribution is 2.48. The molecule has 1 saturated carbocycles. The first-order chi connectivity index (χ1) is 9.02. The standard InChI is InChI=1S/C16H23NO2/c1-16-6-4-2-3-5-10(15(16)17)7-12-13(16)8-11(18)9-14(12)19/h8-10,15,18-19H,2-7,17H2,1H3. The van der Waals surface area contributed by atoms with Gasteiger partial charge in [0.2, 0.25) is 0 Å². The number of rotatable bonds is 0. The number of nitrogens with two attached hydrogens (primary N) is 1. The third-order valence-corrected chi connectivity index (χ3v) is 5.31. The Morgan fingerprint density at radius 2 is 2.00 bits per heavy atom. The fourth-order valence-corrected chi connectivity index (χ4v) is 4.11. The highest BCUT2D eigenvalue weighted by Gasteiger charge is 2.44. The lowest BCUT2D eigenvalue weighted by Crippen LogP contribution is -2.52. The number of benzene rings is 1. The molecule has 3 unspecified atom stereocenters. The number of aromatic hydroxyl groups is 2. The molecular formula is C16H23NO2. The topological polar surface area (TPSA) is 66.5 Å². The zero-order chi connectivity index (χ0) is 13.6. The summed E-state index contributed by atoms with van der Waals surface area (Å²) in [5.41, 5.74) is 8.50. The molecule has 2 bridgehead atoms. The molecule has 0 spiro atoms. The molecular weight excluding hydrogens is 238 g/mol. The maximum absolute atomic E-state index is 10.2. The minimum Gasteiger partial charge on any atom is -0.508 e. The molecule has 1 aromatic carbocycles. The van der Waals surface area contributed by atoms with E-state index < -0.39 is 0 Å². The molecule has 1 fully saturated rings. The smallest absolute Gasteiger partial charge is 0.122 e. The largest absolute Gasteiger partial charge is 0.508 e. The molecule has 2 aliphatic rings. The van der Waals surface area contributed by atoms with Gasteiger partial charge in [0.1, 0.15) is 11.5 Å². The van der Waals surface area contributed by atoms with Gasteiger partial charge in [-0.25, -0.2) is 0 Å². The molecule has 3 nitrogen and oxygen atoms in total. The summed E-state index contributed by atoms with van der Waals surface area (Å²) in [6.07, 6.45) is 6.71. The number of fused-ring (bicyclic) bond motifs is 4. The van der Waals surface area contributed by atoms with Gasteiger partial charge in [0.05, 0.1) is 0 Å². The summed E-state index contributed by atoms with van der Waals surface area (Å²) >= 11 is 0. The lowest BCUT2D eigenvalue weighted by molar-refractivity contribution is 0.199. The van der Waals surface area contributed by atoms with Crippen molar-refractivity contribution < 1.29 is 10.2 Å². The molecule has 2 aliphatic carbocycles. The summed E-state index contributed by atoms with van der Waals surface area (Å²) < 4.78 is 0. The van der Waals surface area contributed by atoms with Gasteiger partial charge >= 0.3 is 0 Å². The van der Waals surface area contributed by atoms with E-state index in [1.54, 1.807) is 0 Å². The van der Waals surface area contributed by atoms with Crippen molar-refractivity contribution in [1.82, 2.24) is 0 Å². The molecule has 4 N–H and O–H groups in total. The Bertz CT molecular complexity index is 500. The Kier molecular flexibility index (Phi) is 2.97. The molecule has 3 rings (SSSR count). The van der Waals surface area contributed by atoms with Crippen molar-refractivity contribution in [2.24, 2.45) is 11.7 Å². The average molecular weight is 261 g/mol. The molecule has 1 aromatic rings. The van der Waals surface area contributed by atoms with Crippen LogP contribution in [0.3, 0.4) is 0 Å². The molecule has 0 amide bonds. The second-order valence-corrected chi connectivity index (χ2v) is 6.50. The predicted octanol–water partition coefficient (Wildman–Crippen LogP) is 2.82. The molecule has 104 valence electrons. The highest BCUT2D eigenvalue weighted by molar-refractivity contribution is 5.51. The van der Waals surface area contributed by atoms with Crippen LogP contribution in [0.1, 0.15) is 50.2 Å². The Morgan fingerprint density at radius 3 is 2.79 bits per heavy atom. The van der Waals surface area contributed by atoms with Gasteiger partial charge in [-0.15, -0.1) is 0 Å². The Labute approximate surface area is 114 Å². The van der Waals surface area contributed by atoms with Gasteiger partial charge in [0.25, 0.3) is 0 Å². The number of hydrogen-bond donors (Lipinski definition) is 3. The summed E-state index contributed by atoms with van der Waals surface area (Å²) in [5, 5.41) is 19.9. The number of phenols is 2. The van der Waals surface area contributed by atoms with Crippen molar-refractivity contribution in [3.63, 3.8) is 0 Å². The Hall–Kier alpha value is -1.22. The third-order valence-electron chi connectivity index (χ3n) is 5.31. The first-order valence-corrected chi connectivity index (χ1v) is 7.33. The summed E-state index contributed by atoms with van der Waals surface area (Å²) in [4.78, 5) is 0. The van der Waals surface area contributed by atoms with E-state index in [0.717, 1.165) is 30.4 Å². The zero-order valence-corrected chi connectivity index (χ0v) is 11.5. The van der Waals surface area contributed by atoms with Crippen molar-refractivity contribution in [2.75, 3.05) is 0 Å². The van der Waals surface area contributed by atoms with Crippen LogP contribution in [0.5, 0.6) is 11.5 Å². The monoisotopic (exact) mass is 261 g/mol. The van der Waals surface area contributed by atoms with Crippen LogP contribution in [0.15, 0.2) is 12.1 Å². The van der Waals surface area contributed by atoms with E-state index in [-0.39, 0.29) is 23.0 Å². The summed E-state index contributed by atoms with van der Waals surface area (Å²) in [6.45, 7) is 2.20. The maximum atomic E-state index is 10.2. The fourth-order valence-electron chi connectivity index (χ4n) is 4.11. The van der Waals surface area contributed by atoms with E-state index in [1.165, 1.54) is 25.3 Å². The molecule has 3 atom stereocenters. The van der Waals surface area contributed by atoms with Crippen molar-refractivity contribution in [1.29, 1.82) is 0 Å². The first-order valence-electron chi connectivity index (χ1n) is 7.33. The third kappa shape index (κ3) is 1.91. The van der Waals surface area contributed by atoms with E-state index in [1.807, 2.05) is 6.07 Å². The van der Waals surface area contributed by atoms with Crippen LogP contribution < -0.4 is 5.73 Å². The quantitative estimate of drug-likeness (QED) is 0.672. The van der Waals surface area contributed by atoms with E-state index in [2.05, 4.69) is 6.92 Å². The van der Waals surface area contributed by atoms with Crippen LogP contribution in [0, 0.1) is 5.92 Å². The van der Waals surface area contributed by atoms with Gasteiger partial charge in [-0.05, 0) is 42.4 Å². The predicted molar refractivity (Wildman–Crippen MR) is 75.4 cm³/mol. The average Bonchev–Trinajstić information content (AvgIpc) is 2.35. The van der Waals surface area contributed by atoms with Gasteiger partial charge in [0, 0.05) is 17.5 Å². The minimum atomic E-state index is -0.116. The van der Waals surface area contributed by atoms with Crippen LogP contribution in [0.25, 0.3) is 0 Å². The van der Waals surface area contributed by atoms with Crippen molar-refractivity contribution >= 4 is 0 Å². The Balaban J connectivity index is 2.17. The molecule has 0 saturated heterocycles. The summed E-state index contributed by atoms with van der Waals surface area (Å²) in [5.74, 6) is 0.831. The number of phenolic OH excluding ortho intramolecular Hbond substituents is 2. The first kappa shape index (κ1) is 12.8. The zero-order valence-electron chi connectivity index (χ0n) is 11.5. The van der Waals surface area contributed by atoms with Crippen LogP contribution >= 0.6 is 0 Å². The summed E-state index contributed by atoms with van der Waals surface area (Å²) in [6, 6.07) is 3.40. The summed E-state index contributed by atoms with van der Waals surface area (Å²) in [7, 11) is 0. The van der Waals surface area contributed by atoms with E-state index in [9.17, 15) is 10.2 Å². The minimum absolute atomic E-state index is 0.116. The SMILES string of the molecule is CC12CCCCCC(Cc3c(O)cc(O)cc31)C2N. The van der Waals surface area contributed by atoms with E-state index in [0.29, 0.717) is 5.92 Å². The van der Waals surface area contributed by atoms with Gasteiger partial charge in [-0.3, -0.25) is 0 Å². The fraction of sp³-hybridized carbons (Fsp3) is 0.625. The van der Waals surface area contributed by atoms with E-state index >= 15 is 0 Å². The van der Waals surface area contributed by atoms with Crippen molar-refractivity contribution in [3.8, 4) is 11.5 Å². The van der Waals surface area contributed by atoms with Gasteiger partial charge in [-0.2, -0.15) is 0 Å². The molecule has 19 heavy (non-hydrogen) atoms. The van der Waals surface area contributed by atoms with Crippen LogP contribution in [-0.2, 0) is 11.8 Å². The lowest BCUT2D eigenvalue weighted by Gasteiger charge is -2.47. The second-order valence-electron chi connectivity index (χ2n) is 6.50. The molecule has 0 heterocycles. The van der Waals surface area contributed by atoms with Crippen molar-refractivity contribution in [3.05, 3.63) is 23.3 Å². The van der Waals surface area contributed by atoms with Gasteiger partial charge in [-0.1, -0.05) is 26.2 Å². The molecule has 0 aliphatic heterocycles. The lowest BCUT2D eigenvalue weighted by atomic mass is 9.60.